The van der Waals surface area contributed by atoms with Gasteiger partial charge in [0.15, 0.2) is 0 Å². The van der Waals surface area contributed by atoms with E-state index in [9.17, 15) is 13.2 Å². The Kier molecular flexibility index (Phi) is 6.09. The molecule has 176 valence electrons. The Morgan fingerprint density at radius 3 is 2.61 bits per heavy atom. The van der Waals surface area contributed by atoms with E-state index in [0.717, 1.165) is 52.9 Å². The van der Waals surface area contributed by atoms with E-state index in [0.29, 0.717) is 17.9 Å². The Labute approximate surface area is 195 Å². The number of nitrogens with two attached hydrogens (primary N) is 1. The number of rotatable bonds is 5. The van der Waals surface area contributed by atoms with Crippen LogP contribution in [0.5, 0.6) is 0 Å². The summed E-state index contributed by atoms with van der Waals surface area (Å²) in [6.45, 7) is 9.98. The number of fused-ring (bicyclic) bond motifs is 1. The van der Waals surface area contributed by atoms with Crippen molar-refractivity contribution in [3.63, 3.8) is 0 Å². The number of aromatic amines is 1. The van der Waals surface area contributed by atoms with Crippen molar-refractivity contribution < 1.29 is 8.42 Å². The van der Waals surface area contributed by atoms with Crippen molar-refractivity contribution >= 4 is 26.6 Å². The average molecular weight is 469 g/mol. The lowest BCUT2D eigenvalue weighted by Crippen LogP contribution is -2.22. The molecule has 1 aliphatic heterocycles. The summed E-state index contributed by atoms with van der Waals surface area (Å²) >= 11 is 0. The second-order valence-corrected chi connectivity index (χ2v) is 11.9. The van der Waals surface area contributed by atoms with Crippen molar-refractivity contribution in [3.05, 3.63) is 58.1 Å². The van der Waals surface area contributed by atoms with Gasteiger partial charge in [0.05, 0.1) is 23.2 Å². The quantitative estimate of drug-likeness (QED) is 0.593. The van der Waals surface area contributed by atoms with Gasteiger partial charge in [0.25, 0.3) is 5.56 Å². The van der Waals surface area contributed by atoms with Crippen molar-refractivity contribution in [2.45, 2.75) is 46.0 Å². The van der Waals surface area contributed by atoms with E-state index < -0.39 is 10.0 Å². The Balaban J connectivity index is 1.74. The molecule has 0 amide bonds. The minimum atomic E-state index is -3.44. The molecule has 0 aliphatic carbocycles. The number of aromatic nitrogens is 2. The number of nitrogens with one attached hydrogen (secondary N) is 1. The van der Waals surface area contributed by atoms with E-state index in [1.54, 1.807) is 0 Å². The highest BCUT2D eigenvalue weighted by Crippen LogP contribution is 2.35. The fourth-order valence-corrected chi connectivity index (χ4v) is 5.13. The average Bonchev–Trinajstić information content (AvgIpc) is 3.19. The molecule has 0 saturated carbocycles. The predicted molar refractivity (Wildman–Crippen MR) is 134 cm³/mol. The number of primary sulfonamides is 1. The molecule has 0 spiro atoms. The molecule has 3 aromatic rings. The number of hydrogen-bond acceptors (Lipinski definition) is 5. The Morgan fingerprint density at radius 1 is 1.18 bits per heavy atom. The lowest BCUT2D eigenvalue weighted by molar-refractivity contribution is 0.550. The van der Waals surface area contributed by atoms with Gasteiger partial charge in [-0.15, -0.1) is 0 Å². The second-order valence-electron chi connectivity index (χ2n) is 10.2. The van der Waals surface area contributed by atoms with Crippen molar-refractivity contribution in [3.8, 4) is 11.1 Å². The van der Waals surface area contributed by atoms with Gasteiger partial charge < -0.3 is 9.88 Å². The number of aryl methyl sites for hydroxylation is 1. The van der Waals surface area contributed by atoms with Gasteiger partial charge in [0.1, 0.15) is 0 Å². The molecule has 8 heteroatoms. The number of benzene rings is 1. The van der Waals surface area contributed by atoms with Gasteiger partial charge >= 0.3 is 0 Å². The number of H-pyrrole nitrogens is 1. The maximum Gasteiger partial charge on any atom is 0.256 e. The third-order valence-corrected chi connectivity index (χ3v) is 7.25. The van der Waals surface area contributed by atoms with E-state index in [-0.39, 0.29) is 16.7 Å². The fraction of sp³-hybridized carbons (Fsp3) is 0.440. The van der Waals surface area contributed by atoms with E-state index in [1.165, 1.54) is 0 Å². The summed E-state index contributed by atoms with van der Waals surface area (Å²) in [6.07, 6.45) is 3.36. The van der Waals surface area contributed by atoms with Gasteiger partial charge in [-0.05, 0) is 67.0 Å². The number of pyridine rings is 2. The molecule has 1 aromatic carbocycles. The number of sulfonamides is 1. The zero-order chi connectivity index (χ0) is 24.0. The minimum Gasteiger partial charge on any atom is -0.370 e. The normalized spacial score (nSPS) is 17.1. The molecule has 3 heterocycles. The van der Waals surface area contributed by atoms with Crippen LogP contribution in [0.4, 0.5) is 5.69 Å². The van der Waals surface area contributed by atoms with Gasteiger partial charge in [-0.1, -0.05) is 20.8 Å². The third kappa shape index (κ3) is 5.28. The molecule has 0 radical (unpaired) electrons. The Bertz CT molecular complexity index is 1360. The standard InChI is InChI=1S/C25H32N4O3S/c1-16-5-6-21(24(30)28-16)22-13-19(25(2,3)4)11-18-12-20(14-27-23(18)22)29-9-7-17(15-29)8-10-33(26,31)32/h5-6,11-14,17H,7-10,15H2,1-4H3,(H,28,30)(H2,26,31,32)/t17-/m0/s1. The van der Waals surface area contributed by atoms with Crippen molar-refractivity contribution in [2.24, 2.45) is 11.1 Å². The maximum atomic E-state index is 12.7. The summed E-state index contributed by atoms with van der Waals surface area (Å²) in [6, 6.07) is 10.1. The van der Waals surface area contributed by atoms with Crippen LogP contribution >= 0.6 is 0 Å². The molecule has 1 saturated heterocycles. The minimum absolute atomic E-state index is 0.0187. The summed E-state index contributed by atoms with van der Waals surface area (Å²) < 4.78 is 22.6. The molecule has 4 rings (SSSR count). The van der Waals surface area contributed by atoms with Crippen LogP contribution in [-0.4, -0.2) is 37.2 Å². The van der Waals surface area contributed by atoms with Crippen LogP contribution < -0.4 is 15.6 Å². The predicted octanol–water partition coefficient (Wildman–Crippen LogP) is 3.70. The molecule has 1 aliphatic rings. The van der Waals surface area contributed by atoms with Crippen molar-refractivity contribution in [2.75, 3.05) is 23.7 Å². The highest BCUT2D eigenvalue weighted by atomic mass is 32.2. The van der Waals surface area contributed by atoms with Crippen LogP contribution in [0, 0.1) is 12.8 Å². The van der Waals surface area contributed by atoms with E-state index in [2.05, 4.69) is 48.9 Å². The molecule has 33 heavy (non-hydrogen) atoms. The molecule has 2 aromatic heterocycles. The molecule has 0 bridgehead atoms. The molecular formula is C25H32N4O3S. The maximum absolute atomic E-state index is 12.7. The highest BCUT2D eigenvalue weighted by molar-refractivity contribution is 7.89. The van der Waals surface area contributed by atoms with Crippen molar-refractivity contribution in [1.82, 2.24) is 9.97 Å². The van der Waals surface area contributed by atoms with E-state index in [4.69, 9.17) is 10.1 Å². The van der Waals surface area contributed by atoms with Gasteiger partial charge in [0.2, 0.25) is 10.0 Å². The summed E-state index contributed by atoms with van der Waals surface area (Å²) in [5.74, 6) is 0.312. The zero-order valence-corrected chi connectivity index (χ0v) is 20.5. The summed E-state index contributed by atoms with van der Waals surface area (Å²) in [4.78, 5) is 22.7. The topological polar surface area (TPSA) is 109 Å². The summed E-state index contributed by atoms with van der Waals surface area (Å²) in [5.41, 5.74) is 4.99. The van der Waals surface area contributed by atoms with Gasteiger partial charge in [-0.3, -0.25) is 9.78 Å². The van der Waals surface area contributed by atoms with Crippen LogP contribution in [0.2, 0.25) is 0 Å². The van der Waals surface area contributed by atoms with Crippen LogP contribution in [0.1, 0.15) is 44.9 Å². The Morgan fingerprint density at radius 2 is 1.94 bits per heavy atom. The first-order valence-electron chi connectivity index (χ1n) is 11.3. The molecule has 3 N–H and O–H groups in total. The molecular weight excluding hydrogens is 436 g/mol. The van der Waals surface area contributed by atoms with Gasteiger partial charge in [-0.2, -0.15) is 0 Å². The summed E-state index contributed by atoms with van der Waals surface area (Å²) in [5, 5.41) is 6.16. The van der Waals surface area contributed by atoms with E-state index >= 15 is 0 Å². The fourth-order valence-electron chi connectivity index (χ4n) is 4.47. The van der Waals surface area contributed by atoms with Crippen LogP contribution in [0.3, 0.4) is 0 Å². The van der Waals surface area contributed by atoms with Crippen molar-refractivity contribution in [1.29, 1.82) is 0 Å². The lowest BCUT2D eigenvalue weighted by atomic mass is 9.84. The number of hydrogen-bond donors (Lipinski definition) is 2. The van der Waals surface area contributed by atoms with Crippen LogP contribution in [0.15, 0.2) is 41.3 Å². The van der Waals surface area contributed by atoms with Gasteiger partial charge in [-0.25, -0.2) is 13.6 Å². The highest BCUT2D eigenvalue weighted by Gasteiger charge is 2.25. The Hall–Kier alpha value is -2.71. The SMILES string of the molecule is Cc1ccc(-c2cc(C(C)(C)C)cc3cc(N4CC[C@@H](CCS(N)(=O)=O)C4)cnc23)c(=O)[nH]1. The first-order chi connectivity index (χ1) is 15.4. The molecule has 1 atom stereocenters. The lowest BCUT2D eigenvalue weighted by Gasteiger charge is -2.23. The largest absolute Gasteiger partial charge is 0.370 e. The molecule has 1 fully saturated rings. The number of nitrogens with zero attached hydrogens (tertiary/aromatic N) is 2. The van der Waals surface area contributed by atoms with Gasteiger partial charge in [0, 0.05) is 35.3 Å². The summed E-state index contributed by atoms with van der Waals surface area (Å²) in [7, 11) is -3.44. The first-order valence-corrected chi connectivity index (χ1v) is 13.0. The molecule has 7 nitrogen and oxygen atoms in total. The number of anilines is 1. The zero-order valence-electron chi connectivity index (χ0n) is 19.7. The first kappa shape index (κ1) is 23.4. The second kappa shape index (κ2) is 8.57. The smallest absolute Gasteiger partial charge is 0.256 e. The molecule has 0 unspecified atom stereocenters. The van der Waals surface area contributed by atoms with E-state index in [1.807, 2.05) is 25.3 Å². The van der Waals surface area contributed by atoms with Crippen LogP contribution in [-0.2, 0) is 15.4 Å². The monoisotopic (exact) mass is 468 g/mol. The third-order valence-electron chi connectivity index (χ3n) is 6.44. The van der Waals surface area contributed by atoms with Crippen LogP contribution in [0.25, 0.3) is 22.0 Å².